The third kappa shape index (κ3) is 6.05. The normalized spacial score (nSPS) is 22.2. The van der Waals surface area contributed by atoms with Gasteiger partial charge in [0.05, 0.1) is 31.1 Å². The largest absolute Gasteiger partial charge is 0.507 e. The van der Waals surface area contributed by atoms with Crippen LogP contribution in [0, 0.1) is 11.8 Å². The highest BCUT2D eigenvalue weighted by molar-refractivity contribution is 5.74. The van der Waals surface area contributed by atoms with Crippen molar-refractivity contribution in [2.45, 2.75) is 45.3 Å². The highest BCUT2D eigenvalue weighted by Gasteiger charge is 2.25. The van der Waals surface area contributed by atoms with Crippen LogP contribution in [0.1, 0.15) is 33.0 Å². The molecule has 2 aromatic heterocycles. The van der Waals surface area contributed by atoms with Gasteiger partial charge in [-0.2, -0.15) is 0 Å². The SMILES string of the molecule is C[C@H]1CCN(c2cc(-c3ccccc3O)nnc2N)CCN1c1ccnc(C#CCN2[C@@H](C)COC[C@@H]2C)n1. The predicted octanol–water partition coefficient (Wildman–Crippen LogP) is 2.79. The fraction of sp³-hybridized carbons (Fsp3) is 0.448. The summed E-state index contributed by atoms with van der Waals surface area (Å²) in [4.78, 5) is 16.1. The first kappa shape index (κ1) is 26.7. The number of hydrogen-bond donors (Lipinski definition) is 2. The Labute approximate surface area is 229 Å². The summed E-state index contributed by atoms with van der Waals surface area (Å²) in [6.07, 6.45) is 2.69. The topological polar surface area (TPSA) is 117 Å². The number of benzene rings is 1. The van der Waals surface area contributed by atoms with Gasteiger partial charge in [-0.15, -0.1) is 10.2 Å². The van der Waals surface area contributed by atoms with Gasteiger partial charge in [-0.3, -0.25) is 4.90 Å². The third-order valence-electron chi connectivity index (χ3n) is 7.53. The van der Waals surface area contributed by atoms with E-state index in [9.17, 15) is 5.11 Å². The molecule has 2 fully saturated rings. The Hall–Kier alpha value is -3.94. The van der Waals surface area contributed by atoms with Crippen LogP contribution in [0.5, 0.6) is 5.75 Å². The number of phenolic OH excluding ortho intramolecular Hbond substituents is 1. The molecule has 0 saturated carbocycles. The molecule has 2 saturated heterocycles. The first-order valence-electron chi connectivity index (χ1n) is 13.5. The summed E-state index contributed by atoms with van der Waals surface area (Å²) >= 11 is 0. The van der Waals surface area contributed by atoms with Crippen LogP contribution in [0.3, 0.4) is 0 Å². The number of hydrogen-bond acceptors (Lipinski definition) is 10. The lowest BCUT2D eigenvalue weighted by Crippen LogP contribution is -2.49. The Bertz CT molecular complexity index is 1350. The van der Waals surface area contributed by atoms with Crippen LogP contribution in [0.25, 0.3) is 11.3 Å². The molecule has 3 N–H and O–H groups in total. The fourth-order valence-electron chi connectivity index (χ4n) is 5.23. The van der Waals surface area contributed by atoms with Crippen LogP contribution in [0.15, 0.2) is 42.6 Å². The van der Waals surface area contributed by atoms with E-state index in [4.69, 9.17) is 15.5 Å². The molecule has 0 bridgehead atoms. The minimum atomic E-state index is 0.162. The molecule has 3 atom stereocenters. The number of morpholine rings is 1. The van der Waals surface area contributed by atoms with Crippen molar-refractivity contribution in [2.75, 3.05) is 54.9 Å². The molecular formula is C29H36N8O2. The molecule has 4 heterocycles. The van der Waals surface area contributed by atoms with Crippen molar-refractivity contribution < 1.29 is 9.84 Å². The van der Waals surface area contributed by atoms with E-state index >= 15 is 0 Å². The molecule has 39 heavy (non-hydrogen) atoms. The maximum absolute atomic E-state index is 10.3. The van der Waals surface area contributed by atoms with Crippen molar-refractivity contribution in [3.63, 3.8) is 0 Å². The zero-order valence-corrected chi connectivity index (χ0v) is 22.8. The highest BCUT2D eigenvalue weighted by Crippen LogP contribution is 2.32. The maximum atomic E-state index is 10.3. The average molecular weight is 529 g/mol. The Morgan fingerprint density at radius 2 is 1.82 bits per heavy atom. The molecule has 0 amide bonds. The highest BCUT2D eigenvalue weighted by atomic mass is 16.5. The van der Waals surface area contributed by atoms with Gasteiger partial charge in [0.15, 0.2) is 5.82 Å². The van der Waals surface area contributed by atoms with Gasteiger partial charge in [-0.25, -0.2) is 9.97 Å². The van der Waals surface area contributed by atoms with Gasteiger partial charge in [-0.05, 0) is 57.4 Å². The molecule has 0 unspecified atom stereocenters. The second-order valence-electron chi connectivity index (χ2n) is 10.3. The van der Waals surface area contributed by atoms with Gasteiger partial charge in [-0.1, -0.05) is 18.1 Å². The van der Waals surface area contributed by atoms with Crippen LogP contribution in [0.4, 0.5) is 17.3 Å². The predicted molar refractivity (Wildman–Crippen MR) is 153 cm³/mol. The zero-order chi connectivity index (χ0) is 27.4. The minimum Gasteiger partial charge on any atom is -0.507 e. The van der Waals surface area contributed by atoms with Crippen LogP contribution < -0.4 is 15.5 Å². The van der Waals surface area contributed by atoms with Crippen molar-refractivity contribution in [1.29, 1.82) is 0 Å². The molecule has 2 aliphatic heterocycles. The van der Waals surface area contributed by atoms with Gasteiger partial charge >= 0.3 is 0 Å². The van der Waals surface area contributed by atoms with E-state index in [1.165, 1.54) is 0 Å². The molecule has 0 radical (unpaired) electrons. The Balaban J connectivity index is 1.30. The van der Waals surface area contributed by atoms with Gasteiger partial charge < -0.3 is 25.4 Å². The van der Waals surface area contributed by atoms with Crippen molar-refractivity contribution in [3.8, 4) is 28.8 Å². The first-order valence-corrected chi connectivity index (χ1v) is 13.5. The molecule has 3 aromatic rings. The second-order valence-corrected chi connectivity index (χ2v) is 10.3. The maximum Gasteiger partial charge on any atom is 0.206 e. The van der Waals surface area contributed by atoms with Gasteiger partial charge in [0.2, 0.25) is 5.82 Å². The van der Waals surface area contributed by atoms with E-state index < -0.39 is 0 Å². The first-order chi connectivity index (χ1) is 18.9. The summed E-state index contributed by atoms with van der Waals surface area (Å²) in [6.45, 7) is 11.0. The number of aromatic nitrogens is 4. The van der Waals surface area contributed by atoms with E-state index in [0.717, 1.165) is 50.8 Å². The molecule has 2 aliphatic rings. The zero-order valence-electron chi connectivity index (χ0n) is 22.8. The van der Waals surface area contributed by atoms with Crippen molar-refractivity contribution in [2.24, 2.45) is 0 Å². The average Bonchev–Trinajstić information content (AvgIpc) is 3.13. The summed E-state index contributed by atoms with van der Waals surface area (Å²) in [5.41, 5.74) is 8.30. The van der Waals surface area contributed by atoms with E-state index in [-0.39, 0.29) is 11.8 Å². The van der Waals surface area contributed by atoms with E-state index in [2.05, 4.69) is 62.5 Å². The number of nitrogen functional groups attached to an aromatic ring is 1. The number of para-hydroxylation sites is 1. The molecule has 10 nitrogen and oxygen atoms in total. The summed E-state index contributed by atoms with van der Waals surface area (Å²) < 4.78 is 5.62. The lowest BCUT2D eigenvalue weighted by Gasteiger charge is -2.37. The summed E-state index contributed by atoms with van der Waals surface area (Å²) in [5, 5.41) is 18.7. The molecule has 1 aromatic carbocycles. The number of phenols is 1. The van der Waals surface area contributed by atoms with Crippen LogP contribution in [0.2, 0.25) is 0 Å². The molecule has 0 spiro atoms. The molecule has 5 rings (SSSR count). The van der Waals surface area contributed by atoms with E-state index in [0.29, 0.717) is 41.5 Å². The van der Waals surface area contributed by atoms with E-state index in [1.54, 1.807) is 18.3 Å². The number of anilines is 3. The minimum absolute atomic E-state index is 0.162. The lowest BCUT2D eigenvalue weighted by molar-refractivity contribution is -0.0296. The van der Waals surface area contributed by atoms with Crippen molar-refractivity contribution in [1.82, 2.24) is 25.1 Å². The second kappa shape index (κ2) is 11.8. The Kier molecular flexibility index (Phi) is 8.10. The molecular weight excluding hydrogens is 492 g/mol. The number of nitrogens with two attached hydrogens (primary N) is 1. The molecule has 0 aliphatic carbocycles. The summed E-state index contributed by atoms with van der Waals surface area (Å²) in [5.74, 6) is 8.37. The van der Waals surface area contributed by atoms with Crippen LogP contribution in [-0.4, -0.2) is 87.7 Å². The number of aromatic hydroxyl groups is 1. The standard InChI is InChI=1S/C29H36N8O2/c1-20-11-14-35(25-17-24(33-34-29(25)30)23-7-4-5-8-26(23)38)15-16-37(20)28-10-12-31-27(32-28)9-6-13-36-21(2)18-39-19-22(36)3/h4-5,7-8,10,12,17,20-22,38H,11,13-16,18-19H2,1-3H3,(H2,30,34)/t20-,21-,22-/m0/s1. The van der Waals surface area contributed by atoms with Crippen molar-refractivity contribution >= 4 is 17.3 Å². The third-order valence-corrected chi connectivity index (χ3v) is 7.53. The van der Waals surface area contributed by atoms with Crippen molar-refractivity contribution in [3.05, 3.63) is 48.4 Å². The monoisotopic (exact) mass is 528 g/mol. The van der Waals surface area contributed by atoms with Gasteiger partial charge in [0.1, 0.15) is 11.6 Å². The number of ether oxygens (including phenoxy) is 1. The van der Waals surface area contributed by atoms with Crippen LogP contribution in [-0.2, 0) is 4.74 Å². The number of nitrogens with zero attached hydrogens (tertiary/aromatic N) is 7. The smallest absolute Gasteiger partial charge is 0.206 e. The lowest BCUT2D eigenvalue weighted by atomic mass is 10.1. The Morgan fingerprint density at radius 1 is 1.03 bits per heavy atom. The summed E-state index contributed by atoms with van der Waals surface area (Å²) in [6, 6.07) is 11.9. The quantitative estimate of drug-likeness (QED) is 0.490. The molecule has 10 heteroatoms. The van der Waals surface area contributed by atoms with Gasteiger partial charge in [0.25, 0.3) is 0 Å². The fourth-order valence-corrected chi connectivity index (χ4v) is 5.23. The number of rotatable bonds is 4. The van der Waals surface area contributed by atoms with Crippen LogP contribution >= 0.6 is 0 Å². The summed E-state index contributed by atoms with van der Waals surface area (Å²) in [7, 11) is 0. The molecule has 204 valence electrons. The Morgan fingerprint density at radius 3 is 2.62 bits per heavy atom. The van der Waals surface area contributed by atoms with Gasteiger partial charge in [0, 0.05) is 49.5 Å². The van der Waals surface area contributed by atoms with E-state index in [1.807, 2.05) is 24.3 Å².